The van der Waals surface area contributed by atoms with E-state index in [1.54, 1.807) is 24.3 Å². The molecule has 3 aromatic carbocycles. The number of aromatic nitrogens is 1. The van der Waals surface area contributed by atoms with E-state index in [9.17, 15) is 8.42 Å². The van der Waals surface area contributed by atoms with Gasteiger partial charge in [0.25, 0.3) is 0 Å². The topological polar surface area (TPSA) is 60.2 Å². The van der Waals surface area contributed by atoms with E-state index in [1.165, 1.54) is 6.26 Å². The molecule has 1 heterocycles. The highest BCUT2D eigenvalue weighted by Crippen LogP contribution is 2.35. The zero-order valence-electron chi connectivity index (χ0n) is 16.6. The molecule has 0 amide bonds. The summed E-state index contributed by atoms with van der Waals surface area (Å²) in [7, 11) is -3.27. The molecule has 0 N–H and O–H groups in total. The van der Waals surface area contributed by atoms with Crippen molar-refractivity contribution in [2.45, 2.75) is 18.2 Å². The number of sulfone groups is 1. The Kier molecular flexibility index (Phi) is 5.50. The molecule has 0 radical (unpaired) electrons. The van der Waals surface area contributed by atoms with Gasteiger partial charge in [0.05, 0.1) is 4.90 Å². The van der Waals surface area contributed by atoms with Gasteiger partial charge in [-0.25, -0.2) is 13.4 Å². The van der Waals surface area contributed by atoms with Crippen molar-refractivity contribution in [2.24, 2.45) is 0 Å². The van der Waals surface area contributed by atoms with E-state index in [0.717, 1.165) is 22.3 Å². The predicted octanol–water partition coefficient (Wildman–Crippen LogP) is 5.96. The fourth-order valence-electron chi connectivity index (χ4n) is 3.20. The second kappa shape index (κ2) is 8.09. The molecule has 152 valence electrons. The molecule has 0 spiro atoms. The van der Waals surface area contributed by atoms with E-state index in [-0.39, 0.29) is 4.90 Å². The molecule has 0 aliphatic heterocycles. The van der Waals surface area contributed by atoms with Crippen LogP contribution in [0.5, 0.6) is 0 Å². The van der Waals surface area contributed by atoms with Gasteiger partial charge in [-0.1, -0.05) is 54.1 Å². The van der Waals surface area contributed by atoms with Crippen LogP contribution in [-0.2, 0) is 16.3 Å². The Labute approximate surface area is 181 Å². The van der Waals surface area contributed by atoms with Gasteiger partial charge in [0.2, 0.25) is 0 Å². The zero-order valence-corrected chi connectivity index (χ0v) is 18.2. The van der Waals surface area contributed by atoms with Crippen LogP contribution in [-0.4, -0.2) is 19.7 Å². The van der Waals surface area contributed by atoms with Crippen molar-refractivity contribution in [1.29, 1.82) is 0 Å². The molecular formula is C24H20ClNO3S. The number of hydrogen-bond donors (Lipinski definition) is 0. The normalized spacial score (nSPS) is 11.6. The van der Waals surface area contributed by atoms with Gasteiger partial charge in [0.1, 0.15) is 5.69 Å². The number of aryl methyl sites for hydroxylation is 1. The Morgan fingerprint density at radius 3 is 2.23 bits per heavy atom. The summed E-state index contributed by atoms with van der Waals surface area (Å²) in [6.45, 7) is 1.95. The third-order valence-corrected chi connectivity index (χ3v) is 6.40. The summed E-state index contributed by atoms with van der Waals surface area (Å²) in [5.74, 6) is 1.16. The van der Waals surface area contributed by atoms with Crippen LogP contribution in [0.2, 0.25) is 5.02 Å². The number of hydrogen-bond acceptors (Lipinski definition) is 4. The lowest BCUT2D eigenvalue weighted by Crippen LogP contribution is -1.96. The molecule has 0 aliphatic carbocycles. The summed E-state index contributed by atoms with van der Waals surface area (Å²) in [5, 5.41) is 0.651. The quantitative estimate of drug-likeness (QED) is 0.386. The van der Waals surface area contributed by atoms with Crippen LogP contribution in [0.4, 0.5) is 0 Å². The van der Waals surface area contributed by atoms with Crippen molar-refractivity contribution >= 4 is 21.4 Å². The van der Waals surface area contributed by atoms with Gasteiger partial charge in [0, 0.05) is 28.8 Å². The van der Waals surface area contributed by atoms with Gasteiger partial charge in [-0.05, 0) is 48.4 Å². The highest BCUT2D eigenvalue weighted by molar-refractivity contribution is 7.90. The Morgan fingerprint density at radius 1 is 0.933 bits per heavy atom. The van der Waals surface area contributed by atoms with Crippen molar-refractivity contribution < 1.29 is 12.8 Å². The van der Waals surface area contributed by atoms with Crippen LogP contribution in [0.1, 0.15) is 17.0 Å². The first-order valence-electron chi connectivity index (χ1n) is 9.42. The maximum absolute atomic E-state index is 11.8. The molecule has 4 rings (SSSR count). The molecule has 4 aromatic rings. The number of nitrogens with zero attached hydrogens (tertiary/aromatic N) is 1. The van der Waals surface area contributed by atoms with E-state index in [4.69, 9.17) is 21.0 Å². The molecule has 4 nitrogen and oxygen atoms in total. The summed E-state index contributed by atoms with van der Waals surface area (Å²) in [5.41, 5.74) is 4.34. The Bertz CT molecular complexity index is 1290. The first kappa shape index (κ1) is 20.4. The number of benzene rings is 3. The Morgan fingerprint density at radius 2 is 1.60 bits per heavy atom. The van der Waals surface area contributed by atoms with Crippen molar-refractivity contribution in [2.75, 3.05) is 6.26 Å². The summed E-state index contributed by atoms with van der Waals surface area (Å²) in [4.78, 5) is 5.01. The fourth-order valence-corrected chi connectivity index (χ4v) is 4.01. The molecule has 0 unspecified atom stereocenters. The van der Waals surface area contributed by atoms with Crippen molar-refractivity contribution in [3.8, 4) is 22.6 Å². The molecule has 0 bridgehead atoms. The van der Waals surface area contributed by atoms with Crippen molar-refractivity contribution in [3.63, 3.8) is 0 Å². The lowest BCUT2D eigenvalue weighted by Gasteiger charge is -2.05. The van der Waals surface area contributed by atoms with Gasteiger partial charge < -0.3 is 4.42 Å². The summed E-state index contributed by atoms with van der Waals surface area (Å²) in [6.07, 6.45) is 1.74. The second-order valence-corrected chi connectivity index (χ2v) is 9.63. The third kappa shape index (κ3) is 4.32. The average molecular weight is 438 g/mol. The maximum atomic E-state index is 11.8. The Hall–Kier alpha value is -2.89. The molecule has 0 saturated heterocycles. The summed E-state index contributed by atoms with van der Waals surface area (Å²) < 4.78 is 29.7. The highest BCUT2D eigenvalue weighted by atomic mass is 35.5. The maximum Gasteiger partial charge on any atom is 0.199 e. The predicted molar refractivity (Wildman–Crippen MR) is 119 cm³/mol. The van der Waals surface area contributed by atoms with Gasteiger partial charge in [-0.2, -0.15) is 0 Å². The van der Waals surface area contributed by atoms with Gasteiger partial charge in [-0.15, -0.1) is 0 Å². The van der Waals surface area contributed by atoms with E-state index >= 15 is 0 Å². The van der Waals surface area contributed by atoms with E-state index in [2.05, 4.69) is 0 Å². The molecule has 6 heteroatoms. The van der Waals surface area contributed by atoms with E-state index in [1.807, 2.05) is 55.5 Å². The minimum Gasteiger partial charge on any atom is -0.440 e. The highest BCUT2D eigenvalue weighted by Gasteiger charge is 2.19. The lowest BCUT2D eigenvalue weighted by molar-refractivity contribution is 0.519. The van der Waals surface area contributed by atoms with Crippen LogP contribution in [0.15, 0.2) is 82.1 Å². The largest absolute Gasteiger partial charge is 0.440 e. The van der Waals surface area contributed by atoms with E-state index in [0.29, 0.717) is 28.8 Å². The molecule has 0 aliphatic rings. The fraction of sp³-hybridized carbons (Fsp3) is 0.125. The van der Waals surface area contributed by atoms with Crippen LogP contribution in [0.25, 0.3) is 22.6 Å². The van der Waals surface area contributed by atoms with Crippen LogP contribution in [0.3, 0.4) is 0 Å². The molecule has 0 atom stereocenters. The SMILES string of the molecule is Cc1ccc(-c2nc(Cc3ccccc3)oc2-c2ccc(S(C)(=O)=O)cc2)cc1Cl. The summed E-state index contributed by atoms with van der Waals surface area (Å²) in [6, 6.07) is 22.4. The van der Waals surface area contributed by atoms with Gasteiger partial charge in [0.15, 0.2) is 21.5 Å². The Balaban J connectivity index is 1.81. The molecule has 0 fully saturated rings. The van der Waals surface area contributed by atoms with Crippen molar-refractivity contribution in [3.05, 3.63) is 94.8 Å². The first-order chi connectivity index (χ1) is 14.3. The van der Waals surface area contributed by atoms with Gasteiger partial charge in [-0.3, -0.25) is 0 Å². The van der Waals surface area contributed by atoms with Crippen LogP contribution >= 0.6 is 11.6 Å². The molecule has 1 aromatic heterocycles. The van der Waals surface area contributed by atoms with E-state index < -0.39 is 9.84 Å². The van der Waals surface area contributed by atoms with Crippen LogP contribution < -0.4 is 0 Å². The number of rotatable bonds is 5. The summed E-state index contributed by atoms with van der Waals surface area (Å²) >= 11 is 6.34. The zero-order chi connectivity index (χ0) is 21.3. The first-order valence-corrected chi connectivity index (χ1v) is 11.7. The smallest absolute Gasteiger partial charge is 0.199 e. The molecule has 0 saturated carbocycles. The standard InChI is InChI=1S/C24H20ClNO3S/c1-16-8-9-19(15-21(16)25)23-24(18-10-12-20(13-11-18)30(2,27)28)29-22(26-23)14-17-6-4-3-5-7-17/h3-13,15H,14H2,1-2H3. The monoisotopic (exact) mass is 437 g/mol. The number of halogens is 1. The average Bonchev–Trinajstić information content (AvgIpc) is 3.14. The van der Waals surface area contributed by atoms with Crippen molar-refractivity contribution in [1.82, 2.24) is 4.98 Å². The second-order valence-electron chi connectivity index (χ2n) is 7.21. The minimum atomic E-state index is -3.27. The van der Waals surface area contributed by atoms with Crippen LogP contribution in [0, 0.1) is 6.92 Å². The lowest BCUT2D eigenvalue weighted by atomic mass is 10.0. The minimum absolute atomic E-state index is 0.259. The number of oxazole rings is 1. The third-order valence-electron chi connectivity index (χ3n) is 4.86. The molecular weight excluding hydrogens is 418 g/mol. The molecule has 30 heavy (non-hydrogen) atoms. The van der Waals surface area contributed by atoms with Gasteiger partial charge >= 0.3 is 0 Å².